The number of nitrogens with one attached hydrogen (secondary N) is 1. The van der Waals surface area contributed by atoms with E-state index < -0.39 is 49.5 Å². The number of carbonyl (C=O) groups excluding carboxylic acids is 1. The van der Waals surface area contributed by atoms with Crippen LogP contribution in [0.5, 0.6) is 0 Å². The fourth-order valence-corrected chi connectivity index (χ4v) is 7.05. The van der Waals surface area contributed by atoms with Crippen LogP contribution in [0.3, 0.4) is 0 Å². The second-order valence-electron chi connectivity index (χ2n) is 15.8. The van der Waals surface area contributed by atoms with Crippen molar-refractivity contribution in [3.8, 4) is 0 Å². The van der Waals surface area contributed by atoms with Crippen molar-refractivity contribution in [1.29, 1.82) is 0 Å². The number of aliphatic hydroxyl groups is 5. The molecular weight excluding hydrogens is 695 g/mol. The SMILES string of the molecule is CCCCC/C=C\C/C=C\C/C=C\CCCCCCCCC(=O)NC(COC1OC(CO)C(O)C(O)C1O)C(O)CCCCCCCCCCCCCCC. The van der Waals surface area contributed by atoms with Crippen molar-refractivity contribution in [2.75, 3.05) is 13.2 Å². The lowest BCUT2D eigenvalue weighted by atomic mass is 9.99. The largest absolute Gasteiger partial charge is 0.394 e. The first-order valence-electron chi connectivity index (χ1n) is 22.7. The van der Waals surface area contributed by atoms with Gasteiger partial charge >= 0.3 is 0 Å². The van der Waals surface area contributed by atoms with Gasteiger partial charge in [-0.25, -0.2) is 0 Å². The normalized spacial score (nSPS) is 21.6. The van der Waals surface area contributed by atoms with Crippen molar-refractivity contribution in [1.82, 2.24) is 5.32 Å². The van der Waals surface area contributed by atoms with Crippen LogP contribution in [0.25, 0.3) is 0 Å². The fourth-order valence-electron chi connectivity index (χ4n) is 7.05. The second kappa shape index (κ2) is 36.7. The molecule has 1 amide bonds. The number of rotatable bonds is 37. The quantitative estimate of drug-likeness (QED) is 0.0270. The van der Waals surface area contributed by atoms with Crippen LogP contribution in [0.2, 0.25) is 0 Å². The molecule has 0 aromatic heterocycles. The third kappa shape index (κ3) is 27.6. The molecule has 1 aliphatic heterocycles. The molecule has 7 unspecified atom stereocenters. The summed E-state index contributed by atoms with van der Waals surface area (Å²) in [6.45, 7) is 3.79. The van der Waals surface area contributed by atoms with E-state index in [9.17, 15) is 30.3 Å². The molecule has 0 spiro atoms. The molecule has 1 saturated heterocycles. The summed E-state index contributed by atoms with van der Waals surface area (Å²) >= 11 is 0. The molecule has 0 aliphatic carbocycles. The molecule has 9 nitrogen and oxygen atoms in total. The molecule has 9 heteroatoms. The molecule has 1 heterocycles. The number of hydrogen-bond donors (Lipinski definition) is 6. The lowest BCUT2D eigenvalue weighted by molar-refractivity contribution is -0.302. The van der Waals surface area contributed by atoms with Gasteiger partial charge in [-0.2, -0.15) is 0 Å². The summed E-state index contributed by atoms with van der Waals surface area (Å²) in [6, 6.07) is -0.724. The highest BCUT2D eigenvalue weighted by molar-refractivity contribution is 5.76. The van der Waals surface area contributed by atoms with Crippen molar-refractivity contribution < 1.29 is 39.8 Å². The number of allylic oxidation sites excluding steroid dienone is 6. The summed E-state index contributed by atoms with van der Waals surface area (Å²) in [7, 11) is 0. The zero-order chi connectivity index (χ0) is 40.2. The Balaban J connectivity index is 2.34. The summed E-state index contributed by atoms with van der Waals surface area (Å²) in [6.07, 6.45) is 37.1. The van der Waals surface area contributed by atoms with Crippen molar-refractivity contribution in [2.45, 2.75) is 236 Å². The minimum Gasteiger partial charge on any atom is -0.394 e. The minimum absolute atomic E-state index is 0.144. The van der Waals surface area contributed by atoms with Crippen molar-refractivity contribution in [2.24, 2.45) is 0 Å². The number of ether oxygens (including phenoxy) is 2. The topological polar surface area (TPSA) is 149 Å². The standard InChI is InChI=1S/C46H85NO8/c1-3-5-7-9-11-13-15-17-18-19-20-21-22-24-26-28-30-32-34-36-42(50)47-39(38-54-46-45(53)44(52)43(51)41(37-48)55-46)40(49)35-33-31-29-27-25-23-16-14-12-10-8-6-4-2/h11,13,17-18,20-21,39-41,43-46,48-49,51-53H,3-10,12,14-16,19,22-38H2,1-2H3,(H,47,50)/b13-11-,18-17-,21-20-. The van der Waals surface area contributed by atoms with Crippen LogP contribution in [0, 0.1) is 0 Å². The highest BCUT2D eigenvalue weighted by Crippen LogP contribution is 2.23. The average molecular weight is 780 g/mol. The van der Waals surface area contributed by atoms with Crippen molar-refractivity contribution in [3.63, 3.8) is 0 Å². The summed E-state index contributed by atoms with van der Waals surface area (Å²) in [5, 5.41) is 54.3. The van der Waals surface area contributed by atoms with E-state index in [0.29, 0.717) is 12.8 Å². The zero-order valence-electron chi connectivity index (χ0n) is 35.2. The van der Waals surface area contributed by atoms with Gasteiger partial charge in [0.15, 0.2) is 6.29 Å². The third-order valence-corrected chi connectivity index (χ3v) is 10.7. The van der Waals surface area contributed by atoms with Crippen LogP contribution in [0.15, 0.2) is 36.5 Å². The monoisotopic (exact) mass is 780 g/mol. The first-order valence-corrected chi connectivity index (χ1v) is 22.7. The molecule has 322 valence electrons. The summed E-state index contributed by atoms with van der Waals surface area (Å²) < 4.78 is 11.2. The molecule has 7 atom stereocenters. The predicted octanol–water partition coefficient (Wildman–Crippen LogP) is 9.28. The Hall–Kier alpha value is -1.59. The Labute approximate surface area is 336 Å². The number of unbranched alkanes of at least 4 members (excludes halogenated alkanes) is 21. The molecule has 1 fully saturated rings. The summed E-state index contributed by atoms with van der Waals surface area (Å²) in [4.78, 5) is 13.0. The Kier molecular flexibility index (Phi) is 34.3. The van der Waals surface area contributed by atoms with Gasteiger partial charge in [0.1, 0.15) is 24.4 Å². The highest BCUT2D eigenvalue weighted by atomic mass is 16.7. The first kappa shape index (κ1) is 51.4. The van der Waals surface area contributed by atoms with Gasteiger partial charge < -0.3 is 40.3 Å². The van der Waals surface area contributed by atoms with E-state index in [0.717, 1.165) is 64.2 Å². The summed E-state index contributed by atoms with van der Waals surface area (Å²) in [5.74, 6) is -0.158. The first-order chi connectivity index (χ1) is 26.8. The van der Waals surface area contributed by atoms with Crippen LogP contribution in [0.4, 0.5) is 0 Å². The average Bonchev–Trinajstić information content (AvgIpc) is 3.18. The van der Waals surface area contributed by atoms with E-state index in [1.165, 1.54) is 103 Å². The van der Waals surface area contributed by atoms with E-state index in [2.05, 4.69) is 55.6 Å². The van der Waals surface area contributed by atoms with E-state index in [4.69, 9.17) is 9.47 Å². The van der Waals surface area contributed by atoms with Gasteiger partial charge in [-0.05, 0) is 51.4 Å². The lowest BCUT2D eigenvalue weighted by Crippen LogP contribution is -2.60. The Morgan fingerprint density at radius 2 is 1.07 bits per heavy atom. The maximum Gasteiger partial charge on any atom is 0.220 e. The van der Waals surface area contributed by atoms with Gasteiger partial charge in [-0.15, -0.1) is 0 Å². The fraction of sp³-hybridized carbons (Fsp3) is 0.848. The van der Waals surface area contributed by atoms with Crippen molar-refractivity contribution in [3.05, 3.63) is 36.5 Å². The van der Waals surface area contributed by atoms with Crippen LogP contribution in [0.1, 0.15) is 194 Å². The van der Waals surface area contributed by atoms with Crippen LogP contribution in [-0.4, -0.2) is 87.5 Å². The zero-order valence-corrected chi connectivity index (χ0v) is 35.2. The van der Waals surface area contributed by atoms with E-state index in [-0.39, 0.29) is 12.5 Å². The predicted molar refractivity (Wildman–Crippen MR) is 226 cm³/mol. The van der Waals surface area contributed by atoms with Gasteiger partial charge in [0.2, 0.25) is 5.91 Å². The Bertz CT molecular complexity index is 956. The smallest absolute Gasteiger partial charge is 0.220 e. The number of hydrogen-bond acceptors (Lipinski definition) is 8. The van der Waals surface area contributed by atoms with Gasteiger partial charge in [0.05, 0.1) is 25.4 Å². The molecule has 6 N–H and O–H groups in total. The molecular formula is C46H85NO8. The molecule has 0 saturated carbocycles. The second-order valence-corrected chi connectivity index (χ2v) is 15.8. The van der Waals surface area contributed by atoms with Gasteiger partial charge in [-0.1, -0.05) is 172 Å². The maximum atomic E-state index is 13.0. The van der Waals surface area contributed by atoms with E-state index in [1.807, 2.05) is 0 Å². The molecule has 0 aromatic carbocycles. The lowest BCUT2D eigenvalue weighted by Gasteiger charge is -2.40. The molecule has 0 bridgehead atoms. The van der Waals surface area contributed by atoms with Crippen LogP contribution in [-0.2, 0) is 14.3 Å². The molecule has 0 radical (unpaired) electrons. The molecule has 1 aliphatic rings. The van der Waals surface area contributed by atoms with E-state index in [1.54, 1.807) is 0 Å². The Morgan fingerprint density at radius 3 is 1.62 bits per heavy atom. The minimum atomic E-state index is -1.55. The van der Waals surface area contributed by atoms with E-state index >= 15 is 0 Å². The maximum absolute atomic E-state index is 13.0. The van der Waals surface area contributed by atoms with Gasteiger partial charge in [-0.3, -0.25) is 4.79 Å². The molecule has 1 rings (SSSR count). The number of amides is 1. The van der Waals surface area contributed by atoms with Gasteiger partial charge in [0.25, 0.3) is 0 Å². The van der Waals surface area contributed by atoms with Crippen LogP contribution >= 0.6 is 0 Å². The molecule has 0 aromatic rings. The highest BCUT2D eigenvalue weighted by Gasteiger charge is 2.44. The summed E-state index contributed by atoms with van der Waals surface area (Å²) in [5.41, 5.74) is 0. The molecule has 55 heavy (non-hydrogen) atoms. The van der Waals surface area contributed by atoms with Crippen LogP contribution < -0.4 is 5.32 Å². The van der Waals surface area contributed by atoms with Crippen molar-refractivity contribution >= 4 is 5.91 Å². The number of aliphatic hydroxyl groups excluding tert-OH is 5. The van der Waals surface area contributed by atoms with Gasteiger partial charge in [0, 0.05) is 6.42 Å². The third-order valence-electron chi connectivity index (χ3n) is 10.7. The number of carbonyl (C=O) groups is 1. The Morgan fingerprint density at radius 1 is 0.618 bits per heavy atom.